The van der Waals surface area contributed by atoms with Gasteiger partial charge in [-0.3, -0.25) is 4.79 Å². The number of carbonyl (C=O) groups is 1. The van der Waals surface area contributed by atoms with Gasteiger partial charge in [0.25, 0.3) is 5.91 Å². The van der Waals surface area contributed by atoms with Crippen LogP contribution in [0.25, 0.3) is 0 Å². The van der Waals surface area contributed by atoms with E-state index in [0.29, 0.717) is 21.8 Å². The fourth-order valence-electron chi connectivity index (χ4n) is 1.46. The number of anilines is 1. The predicted octanol–water partition coefficient (Wildman–Crippen LogP) is 4.05. The molecule has 1 aromatic heterocycles. The number of hydrogen-bond acceptors (Lipinski definition) is 3. The van der Waals surface area contributed by atoms with Crippen molar-refractivity contribution in [3.63, 3.8) is 0 Å². The summed E-state index contributed by atoms with van der Waals surface area (Å²) in [6.45, 7) is 0. The molecule has 0 saturated carbocycles. The number of hydrogen-bond donors (Lipinski definition) is 2. The molecule has 0 radical (unpaired) electrons. The van der Waals surface area contributed by atoms with Gasteiger partial charge >= 0.3 is 0 Å². The zero-order valence-electron chi connectivity index (χ0n) is 9.44. The molecule has 3 nitrogen and oxygen atoms in total. The van der Waals surface area contributed by atoms with Gasteiger partial charge in [0.15, 0.2) is 0 Å². The van der Waals surface area contributed by atoms with Gasteiger partial charge < -0.3 is 11.1 Å². The fourth-order valence-corrected chi connectivity index (χ4v) is 2.95. The molecule has 0 spiro atoms. The molecule has 1 aromatic carbocycles. The number of carbonyl (C=O) groups excluding carboxylic acids is 1. The van der Waals surface area contributed by atoms with Crippen LogP contribution in [0, 0.1) is 0 Å². The first-order valence-corrected chi connectivity index (χ1v) is 7.58. The number of halogens is 2. The highest BCUT2D eigenvalue weighted by atomic mass is 79.9. The number of benzene rings is 1. The van der Waals surface area contributed by atoms with Crippen LogP contribution in [0.1, 0.15) is 15.9 Å². The summed E-state index contributed by atoms with van der Waals surface area (Å²) in [5.74, 6) is -0.235. The number of thiocarbonyl (C=S) groups is 1. The highest BCUT2D eigenvalue weighted by molar-refractivity contribution is 9.11. The summed E-state index contributed by atoms with van der Waals surface area (Å²) < 4.78 is 0.887. The minimum atomic E-state index is -0.235. The molecule has 0 unspecified atom stereocenters. The first kappa shape index (κ1) is 14.5. The van der Waals surface area contributed by atoms with Crippen LogP contribution in [-0.4, -0.2) is 10.9 Å². The normalized spacial score (nSPS) is 10.2. The van der Waals surface area contributed by atoms with Gasteiger partial charge in [0.05, 0.1) is 15.0 Å². The fraction of sp³-hybridized carbons (Fsp3) is 0. The van der Waals surface area contributed by atoms with Crippen LogP contribution in [0.2, 0.25) is 5.02 Å². The van der Waals surface area contributed by atoms with E-state index in [9.17, 15) is 4.79 Å². The highest BCUT2D eigenvalue weighted by Gasteiger charge is 2.12. The Balaban J connectivity index is 2.30. The largest absolute Gasteiger partial charge is 0.389 e. The second-order valence-electron chi connectivity index (χ2n) is 3.65. The summed E-state index contributed by atoms with van der Waals surface area (Å²) in [6.07, 6.45) is 0. The maximum Gasteiger partial charge on any atom is 0.256 e. The van der Waals surface area contributed by atoms with Crippen molar-refractivity contribution < 1.29 is 4.79 Å². The topological polar surface area (TPSA) is 55.1 Å². The number of amides is 1. The Morgan fingerprint density at radius 1 is 1.42 bits per heavy atom. The Labute approximate surface area is 132 Å². The molecular weight excluding hydrogens is 368 g/mol. The molecule has 1 amide bonds. The number of nitrogens with two attached hydrogens (primary N) is 1. The summed E-state index contributed by atoms with van der Waals surface area (Å²) in [5.41, 5.74) is 7.27. The summed E-state index contributed by atoms with van der Waals surface area (Å²) in [6, 6.07) is 6.72. The smallest absolute Gasteiger partial charge is 0.256 e. The van der Waals surface area contributed by atoms with E-state index in [-0.39, 0.29) is 10.9 Å². The van der Waals surface area contributed by atoms with Crippen molar-refractivity contribution in [3.8, 4) is 0 Å². The van der Waals surface area contributed by atoms with E-state index < -0.39 is 0 Å². The molecule has 3 N–H and O–H groups in total. The van der Waals surface area contributed by atoms with Gasteiger partial charge in [-0.05, 0) is 40.2 Å². The third kappa shape index (κ3) is 3.54. The highest BCUT2D eigenvalue weighted by Crippen LogP contribution is 2.24. The molecule has 0 aliphatic carbocycles. The van der Waals surface area contributed by atoms with Gasteiger partial charge in [-0.15, -0.1) is 11.3 Å². The molecule has 0 bridgehead atoms. The van der Waals surface area contributed by atoms with Crippen LogP contribution in [0.3, 0.4) is 0 Å². The zero-order valence-corrected chi connectivity index (χ0v) is 13.4. The number of nitrogens with one attached hydrogen (secondary N) is 1. The minimum Gasteiger partial charge on any atom is -0.389 e. The second-order valence-corrected chi connectivity index (χ2v) is 6.81. The first-order chi connectivity index (χ1) is 8.97. The van der Waals surface area contributed by atoms with Gasteiger partial charge in [-0.1, -0.05) is 23.8 Å². The molecule has 7 heteroatoms. The van der Waals surface area contributed by atoms with Crippen molar-refractivity contribution in [1.29, 1.82) is 0 Å². The lowest BCUT2D eigenvalue weighted by Gasteiger charge is -2.10. The molecule has 2 rings (SSSR count). The Hall–Kier alpha value is -0.950. The molecule has 0 atom stereocenters. The summed E-state index contributed by atoms with van der Waals surface area (Å²) in [7, 11) is 0. The predicted molar refractivity (Wildman–Crippen MR) is 87.3 cm³/mol. The molecule has 1 heterocycles. The van der Waals surface area contributed by atoms with E-state index in [1.165, 1.54) is 11.3 Å². The Morgan fingerprint density at radius 3 is 2.74 bits per heavy atom. The van der Waals surface area contributed by atoms with Crippen molar-refractivity contribution in [2.24, 2.45) is 5.73 Å². The van der Waals surface area contributed by atoms with Crippen molar-refractivity contribution in [2.45, 2.75) is 0 Å². The standard InChI is InChI=1S/C12H8BrClN2OS2/c13-10-3-6(5-19-10)12(17)16-9-4-7(14)1-2-8(9)11(15)18/h1-5H,(H2,15,18)(H,16,17). The van der Waals surface area contributed by atoms with Gasteiger partial charge in [-0.2, -0.15) is 0 Å². The van der Waals surface area contributed by atoms with Crippen LogP contribution in [0.5, 0.6) is 0 Å². The maximum atomic E-state index is 12.1. The van der Waals surface area contributed by atoms with Crippen LogP contribution < -0.4 is 11.1 Å². The first-order valence-electron chi connectivity index (χ1n) is 5.12. The number of rotatable bonds is 3. The van der Waals surface area contributed by atoms with Gasteiger partial charge in [-0.25, -0.2) is 0 Å². The van der Waals surface area contributed by atoms with E-state index in [0.717, 1.165) is 3.79 Å². The van der Waals surface area contributed by atoms with Crippen LogP contribution in [0.4, 0.5) is 5.69 Å². The Kier molecular flexibility index (Phi) is 4.57. The van der Waals surface area contributed by atoms with E-state index in [2.05, 4.69) is 21.2 Å². The summed E-state index contributed by atoms with van der Waals surface area (Å²) in [5, 5.41) is 5.01. The minimum absolute atomic E-state index is 0.207. The lowest BCUT2D eigenvalue weighted by atomic mass is 10.1. The van der Waals surface area contributed by atoms with Gasteiger partial charge in [0.1, 0.15) is 4.99 Å². The van der Waals surface area contributed by atoms with Crippen molar-refractivity contribution in [1.82, 2.24) is 0 Å². The molecule has 2 aromatic rings. The lowest BCUT2D eigenvalue weighted by molar-refractivity contribution is 0.102. The quantitative estimate of drug-likeness (QED) is 0.796. The van der Waals surface area contributed by atoms with Crippen molar-refractivity contribution >= 4 is 67.7 Å². The van der Waals surface area contributed by atoms with E-state index >= 15 is 0 Å². The molecule has 19 heavy (non-hydrogen) atoms. The third-order valence-electron chi connectivity index (χ3n) is 2.32. The number of thiophene rings is 1. The van der Waals surface area contributed by atoms with E-state index in [4.69, 9.17) is 29.6 Å². The molecule has 0 fully saturated rings. The average Bonchev–Trinajstić information content (AvgIpc) is 2.75. The molecular formula is C12H8BrClN2OS2. The third-order valence-corrected chi connectivity index (χ3v) is 4.28. The molecule has 98 valence electrons. The Morgan fingerprint density at radius 2 is 2.16 bits per heavy atom. The molecule has 0 aliphatic heterocycles. The Bertz CT molecular complexity index is 657. The molecule has 0 aliphatic rings. The summed E-state index contributed by atoms with van der Waals surface area (Å²) >= 11 is 15.6. The van der Waals surface area contributed by atoms with Crippen molar-refractivity contribution in [3.05, 3.63) is 49.6 Å². The summed E-state index contributed by atoms with van der Waals surface area (Å²) in [4.78, 5) is 12.3. The maximum absolute atomic E-state index is 12.1. The van der Waals surface area contributed by atoms with Crippen molar-refractivity contribution in [2.75, 3.05) is 5.32 Å². The van der Waals surface area contributed by atoms with Crippen LogP contribution >= 0.6 is 51.1 Å². The van der Waals surface area contributed by atoms with E-state index in [1.54, 1.807) is 29.6 Å². The van der Waals surface area contributed by atoms with Crippen LogP contribution in [0.15, 0.2) is 33.4 Å². The van der Waals surface area contributed by atoms with Crippen LogP contribution in [-0.2, 0) is 0 Å². The monoisotopic (exact) mass is 374 g/mol. The molecule has 0 saturated heterocycles. The van der Waals surface area contributed by atoms with Gasteiger partial charge in [0, 0.05) is 16.0 Å². The zero-order chi connectivity index (χ0) is 14.0. The lowest BCUT2D eigenvalue weighted by Crippen LogP contribution is -2.17. The second kappa shape index (κ2) is 6.00. The average molecular weight is 376 g/mol. The van der Waals surface area contributed by atoms with E-state index in [1.807, 2.05) is 0 Å². The van der Waals surface area contributed by atoms with Gasteiger partial charge in [0.2, 0.25) is 0 Å². The SMILES string of the molecule is NC(=S)c1ccc(Cl)cc1NC(=O)c1csc(Br)c1.